The maximum absolute atomic E-state index is 12.9. The Labute approximate surface area is 163 Å². The third-order valence-corrected chi connectivity index (χ3v) is 7.96. The van der Waals surface area contributed by atoms with Crippen molar-refractivity contribution in [1.29, 1.82) is 0 Å². The smallest absolute Gasteiger partial charge is 0.262 e. The predicted molar refractivity (Wildman–Crippen MR) is 99.6 cm³/mol. The van der Waals surface area contributed by atoms with Crippen LogP contribution in [0.1, 0.15) is 38.5 Å². The van der Waals surface area contributed by atoms with Crippen LogP contribution in [0.4, 0.5) is 5.69 Å². The number of hydrazine groups is 1. The highest BCUT2D eigenvalue weighted by Gasteiger charge is 2.54. The fourth-order valence-electron chi connectivity index (χ4n) is 5.92. The summed E-state index contributed by atoms with van der Waals surface area (Å²) in [4.78, 5) is 26.6. The van der Waals surface area contributed by atoms with Crippen LogP contribution in [-0.4, -0.2) is 26.8 Å². The lowest BCUT2D eigenvalue weighted by Crippen LogP contribution is -2.56. The van der Waals surface area contributed by atoms with Crippen molar-refractivity contribution in [3.63, 3.8) is 0 Å². The molecule has 2 amide bonds. The summed E-state index contributed by atoms with van der Waals surface area (Å²) in [6.45, 7) is -0.0987. The van der Waals surface area contributed by atoms with Crippen LogP contribution >= 0.6 is 0 Å². The molecule has 0 radical (unpaired) electrons. The van der Waals surface area contributed by atoms with Crippen LogP contribution in [-0.2, 0) is 19.6 Å². The van der Waals surface area contributed by atoms with Crippen molar-refractivity contribution in [2.45, 2.75) is 43.4 Å². The minimum absolute atomic E-state index is 0.0529. The molecule has 4 aliphatic carbocycles. The molecule has 0 spiro atoms. The molecular formula is C19H23N3O5S. The number of carbonyl (C=O) groups excluding carboxylic acids is 2. The van der Waals surface area contributed by atoms with E-state index in [0.717, 1.165) is 19.3 Å². The summed E-state index contributed by atoms with van der Waals surface area (Å²) >= 11 is 0. The van der Waals surface area contributed by atoms with Crippen LogP contribution in [0, 0.1) is 23.2 Å². The van der Waals surface area contributed by atoms with Gasteiger partial charge in [-0.15, -0.1) is 4.83 Å². The Hall–Kier alpha value is -2.13. The molecule has 28 heavy (non-hydrogen) atoms. The Morgan fingerprint density at radius 3 is 2.39 bits per heavy atom. The molecule has 0 unspecified atom stereocenters. The molecule has 4 saturated carbocycles. The van der Waals surface area contributed by atoms with E-state index in [2.05, 4.69) is 15.6 Å². The Bertz CT molecular complexity index is 923. The van der Waals surface area contributed by atoms with E-state index in [1.807, 2.05) is 0 Å². The zero-order valence-electron chi connectivity index (χ0n) is 15.4. The lowest BCUT2D eigenvalue weighted by atomic mass is 9.49. The van der Waals surface area contributed by atoms with Crippen LogP contribution < -0.4 is 20.3 Å². The number of fused-ring (bicyclic) bond motifs is 1. The highest BCUT2D eigenvalue weighted by Crippen LogP contribution is 2.60. The van der Waals surface area contributed by atoms with Crippen molar-refractivity contribution >= 4 is 27.5 Å². The van der Waals surface area contributed by atoms with Gasteiger partial charge in [-0.05, 0) is 74.5 Å². The van der Waals surface area contributed by atoms with Gasteiger partial charge in [0.15, 0.2) is 6.61 Å². The summed E-state index contributed by atoms with van der Waals surface area (Å²) in [6, 6.07) is 4.20. The molecule has 4 fully saturated rings. The highest BCUT2D eigenvalue weighted by atomic mass is 32.2. The monoisotopic (exact) mass is 405 g/mol. The van der Waals surface area contributed by atoms with Crippen LogP contribution in [0.25, 0.3) is 0 Å². The fourth-order valence-corrected chi connectivity index (χ4v) is 6.79. The second-order valence-corrected chi connectivity index (χ2v) is 10.4. The van der Waals surface area contributed by atoms with E-state index in [9.17, 15) is 18.0 Å². The first-order chi connectivity index (χ1) is 13.3. The second kappa shape index (κ2) is 6.18. The quantitative estimate of drug-likeness (QED) is 0.658. The molecule has 0 aromatic heterocycles. The Kier molecular flexibility index (Phi) is 3.96. The number of rotatable bonds is 4. The van der Waals surface area contributed by atoms with Gasteiger partial charge in [-0.1, -0.05) is 0 Å². The van der Waals surface area contributed by atoms with E-state index in [1.165, 1.54) is 37.5 Å². The van der Waals surface area contributed by atoms with Crippen molar-refractivity contribution in [3.8, 4) is 5.75 Å². The minimum Gasteiger partial charge on any atom is -0.482 e. The highest BCUT2D eigenvalue weighted by molar-refractivity contribution is 7.89. The van der Waals surface area contributed by atoms with Gasteiger partial charge in [0.2, 0.25) is 5.91 Å². The van der Waals surface area contributed by atoms with Crippen molar-refractivity contribution in [1.82, 2.24) is 10.3 Å². The van der Waals surface area contributed by atoms with Crippen molar-refractivity contribution in [3.05, 3.63) is 18.2 Å². The van der Waals surface area contributed by atoms with Crippen LogP contribution in [0.15, 0.2) is 23.1 Å². The van der Waals surface area contributed by atoms with E-state index in [4.69, 9.17) is 4.74 Å². The molecule has 3 N–H and O–H groups in total. The number of ether oxygens (including phenoxy) is 1. The summed E-state index contributed by atoms with van der Waals surface area (Å²) in [5.74, 6) is 1.64. The zero-order valence-corrected chi connectivity index (χ0v) is 16.2. The summed E-state index contributed by atoms with van der Waals surface area (Å²) in [5, 5.41) is 2.58. The van der Waals surface area contributed by atoms with Crippen molar-refractivity contribution in [2.75, 3.05) is 11.9 Å². The molecule has 5 aliphatic rings. The molecule has 1 aromatic carbocycles. The maximum Gasteiger partial charge on any atom is 0.262 e. The van der Waals surface area contributed by atoms with E-state index in [-0.39, 0.29) is 23.3 Å². The largest absolute Gasteiger partial charge is 0.482 e. The molecule has 1 aromatic rings. The fraction of sp³-hybridized carbons (Fsp3) is 0.579. The Morgan fingerprint density at radius 2 is 1.75 bits per heavy atom. The van der Waals surface area contributed by atoms with E-state index < -0.39 is 15.4 Å². The molecular weight excluding hydrogens is 382 g/mol. The van der Waals surface area contributed by atoms with Crippen molar-refractivity contribution < 1.29 is 22.7 Å². The van der Waals surface area contributed by atoms with Gasteiger partial charge in [-0.25, -0.2) is 8.42 Å². The molecule has 150 valence electrons. The molecule has 0 saturated heterocycles. The lowest BCUT2D eigenvalue weighted by molar-refractivity contribution is -0.146. The van der Waals surface area contributed by atoms with E-state index >= 15 is 0 Å². The number of benzene rings is 1. The molecule has 0 atom stereocenters. The van der Waals surface area contributed by atoms with Crippen molar-refractivity contribution in [2.24, 2.45) is 23.2 Å². The minimum atomic E-state index is -3.97. The third kappa shape index (κ3) is 2.97. The molecule has 9 heteroatoms. The topological polar surface area (TPSA) is 114 Å². The van der Waals surface area contributed by atoms with Crippen LogP contribution in [0.3, 0.4) is 0 Å². The zero-order chi connectivity index (χ0) is 19.5. The van der Waals surface area contributed by atoms with Crippen LogP contribution in [0.5, 0.6) is 5.75 Å². The number of sulfonamides is 1. The average Bonchev–Trinajstić information content (AvgIpc) is 2.64. The molecule has 1 aliphatic heterocycles. The van der Waals surface area contributed by atoms with Gasteiger partial charge in [-0.3, -0.25) is 15.0 Å². The normalized spacial score (nSPS) is 33.0. The number of hydrogen-bond acceptors (Lipinski definition) is 5. The number of carbonyl (C=O) groups is 2. The van der Waals surface area contributed by atoms with E-state index in [0.29, 0.717) is 29.2 Å². The third-order valence-electron chi connectivity index (χ3n) is 6.71. The summed E-state index contributed by atoms with van der Waals surface area (Å²) in [5.41, 5.74) is 2.33. The van der Waals surface area contributed by atoms with Gasteiger partial charge in [0, 0.05) is 0 Å². The summed E-state index contributed by atoms with van der Waals surface area (Å²) < 4.78 is 30.5. The lowest BCUT2D eigenvalue weighted by Gasteiger charge is -2.55. The second-order valence-electron chi connectivity index (χ2n) is 8.75. The van der Waals surface area contributed by atoms with E-state index in [1.54, 1.807) is 0 Å². The summed E-state index contributed by atoms with van der Waals surface area (Å²) in [6.07, 6.45) is 6.20. The van der Waals surface area contributed by atoms with Crippen LogP contribution in [0.2, 0.25) is 0 Å². The molecule has 6 rings (SSSR count). The van der Waals surface area contributed by atoms with Gasteiger partial charge in [0.05, 0.1) is 16.0 Å². The Balaban J connectivity index is 1.30. The molecule has 4 bridgehead atoms. The number of amides is 2. The van der Waals surface area contributed by atoms with Gasteiger partial charge in [0.1, 0.15) is 5.75 Å². The molecule has 1 heterocycles. The number of nitrogens with one attached hydrogen (secondary N) is 3. The first-order valence-electron chi connectivity index (χ1n) is 9.72. The Morgan fingerprint density at radius 1 is 1.11 bits per heavy atom. The average molecular weight is 405 g/mol. The maximum atomic E-state index is 12.9. The van der Waals surface area contributed by atoms with Gasteiger partial charge < -0.3 is 10.1 Å². The predicted octanol–water partition coefficient (Wildman–Crippen LogP) is 1.54. The first kappa shape index (κ1) is 17.9. The van der Waals surface area contributed by atoms with Gasteiger partial charge >= 0.3 is 0 Å². The van der Waals surface area contributed by atoms with Gasteiger partial charge in [-0.2, -0.15) is 0 Å². The summed E-state index contributed by atoms with van der Waals surface area (Å²) in [7, 11) is -3.97. The first-order valence-corrected chi connectivity index (χ1v) is 11.2. The standard InChI is InChI=1S/C19H23N3O5S/c23-17-10-27-16-2-1-14(6-15(16)20-17)28(25,26)22-21-18(24)19-7-11-3-12(8-19)5-13(4-11)9-19/h1-2,6,11-13,22H,3-5,7-10H2,(H,20,23)(H,21,24). The van der Waals surface area contributed by atoms with Gasteiger partial charge in [0.25, 0.3) is 15.9 Å². The number of anilines is 1. The molecule has 8 nitrogen and oxygen atoms in total. The SMILES string of the molecule is O=C1COc2ccc(S(=O)(=O)NNC(=O)C34CC5CC(CC(C5)C3)C4)cc2N1. The number of hydrogen-bond donors (Lipinski definition) is 3.